The van der Waals surface area contributed by atoms with Crippen molar-refractivity contribution in [2.75, 3.05) is 6.61 Å². The molecule has 6 heteroatoms. The van der Waals surface area contributed by atoms with Gasteiger partial charge >= 0.3 is 12.0 Å². The fourth-order valence-corrected chi connectivity index (χ4v) is 3.83. The molecule has 1 saturated carbocycles. The lowest BCUT2D eigenvalue weighted by atomic mass is 9.94. The van der Waals surface area contributed by atoms with Gasteiger partial charge in [-0.2, -0.15) is 0 Å². The zero-order valence-electron chi connectivity index (χ0n) is 16.8. The number of esters is 1. The van der Waals surface area contributed by atoms with Gasteiger partial charge in [0, 0.05) is 11.3 Å². The normalized spacial score (nSPS) is 20.8. The van der Waals surface area contributed by atoms with E-state index in [-0.39, 0.29) is 18.1 Å². The first-order valence-electron chi connectivity index (χ1n) is 10.3. The summed E-state index contributed by atoms with van der Waals surface area (Å²) in [5, 5.41) is 5.58. The van der Waals surface area contributed by atoms with Gasteiger partial charge in [-0.3, -0.25) is 0 Å². The minimum absolute atomic E-state index is 0.0554. The molecule has 2 aliphatic rings. The first-order valence-corrected chi connectivity index (χ1v) is 10.3. The zero-order valence-corrected chi connectivity index (χ0v) is 16.8. The molecular weight excluding hydrogens is 356 g/mol. The molecule has 1 aromatic carbocycles. The Balaban J connectivity index is 1.87. The maximum absolute atomic E-state index is 13.1. The minimum atomic E-state index is -0.597. The number of nitrogens with one attached hydrogen (secondary N) is 2. The summed E-state index contributed by atoms with van der Waals surface area (Å²) in [5.41, 5.74) is 1.73. The summed E-state index contributed by atoms with van der Waals surface area (Å²) in [7, 11) is 0. The Labute approximate surface area is 166 Å². The smallest absolute Gasteiger partial charge is 0.338 e. The molecule has 0 spiro atoms. The standard InChI is InChI=1S/C22H30N2O4/c1-3-14-27-18-13-9-8-12-17(18)20-19(15(2)23-22(26)24-20)21(25)28-16-10-6-4-5-7-11-16/h8-9,12-13,16,20H,3-7,10-11,14H2,1-2H3,(H2,23,24,26). The molecule has 0 saturated heterocycles. The molecular formula is C22H30N2O4. The second-order valence-electron chi connectivity index (χ2n) is 7.48. The van der Waals surface area contributed by atoms with Gasteiger partial charge in [0.2, 0.25) is 0 Å². The van der Waals surface area contributed by atoms with E-state index in [0.29, 0.717) is 23.6 Å². The van der Waals surface area contributed by atoms with Crippen molar-refractivity contribution in [1.29, 1.82) is 0 Å². The molecule has 0 radical (unpaired) electrons. The molecule has 1 fully saturated rings. The third-order valence-electron chi connectivity index (χ3n) is 5.26. The highest BCUT2D eigenvalue weighted by atomic mass is 16.5. The summed E-state index contributed by atoms with van der Waals surface area (Å²) >= 11 is 0. The van der Waals surface area contributed by atoms with Crippen molar-refractivity contribution < 1.29 is 19.1 Å². The summed E-state index contributed by atoms with van der Waals surface area (Å²) in [6.07, 6.45) is 7.18. The van der Waals surface area contributed by atoms with Gasteiger partial charge in [-0.25, -0.2) is 9.59 Å². The predicted molar refractivity (Wildman–Crippen MR) is 107 cm³/mol. The van der Waals surface area contributed by atoms with Crippen LogP contribution >= 0.6 is 0 Å². The summed E-state index contributed by atoms with van der Waals surface area (Å²) in [4.78, 5) is 25.2. The van der Waals surface area contributed by atoms with Crippen LogP contribution in [0.5, 0.6) is 5.75 Å². The SMILES string of the molecule is CCCOc1ccccc1C1NC(=O)NC(C)=C1C(=O)OC1CCCCCC1. The van der Waals surface area contributed by atoms with Crippen LogP contribution in [0.3, 0.4) is 0 Å². The first-order chi connectivity index (χ1) is 13.6. The Kier molecular flexibility index (Phi) is 6.95. The number of ether oxygens (including phenoxy) is 2. The summed E-state index contributed by atoms with van der Waals surface area (Å²) in [6, 6.07) is 6.58. The lowest BCUT2D eigenvalue weighted by molar-refractivity contribution is -0.145. The largest absolute Gasteiger partial charge is 0.493 e. The number of allylic oxidation sites excluding steroid dienone is 1. The number of hydrogen-bond donors (Lipinski definition) is 2. The Morgan fingerprint density at radius 2 is 1.86 bits per heavy atom. The quantitative estimate of drug-likeness (QED) is 0.562. The molecule has 0 bridgehead atoms. The average Bonchev–Trinajstić information content (AvgIpc) is 2.94. The topological polar surface area (TPSA) is 76.7 Å². The van der Waals surface area contributed by atoms with Gasteiger partial charge in [0.15, 0.2) is 0 Å². The van der Waals surface area contributed by atoms with Crippen LogP contribution in [-0.2, 0) is 9.53 Å². The Hall–Kier alpha value is -2.50. The van der Waals surface area contributed by atoms with Crippen molar-refractivity contribution in [3.8, 4) is 5.75 Å². The molecule has 3 rings (SSSR count). The van der Waals surface area contributed by atoms with Gasteiger partial charge in [0.25, 0.3) is 0 Å². The van der Waals surface area contributed by atoms with Crippen molar-refractivity contribution in [2.45, 2.75) is 70.9 Å². The van der Waals surface area contributed by atoms with Crippen LogP contribution in [0.15, 0.2) is 35.5 Å². The van der Waals surface area contributed by atoms with E-state index in [1.807, 2.05) is 31.2 Å². The monoisotopic (exact) mass is 386 g/mol. The van der Waals surface area contributed by atoms with E-state index in [2.05, 4.69) is 10.6 Å². The van der Waals surface area contributed by atoms with E-state index in [9.17, 15) is 9.59 Å². The number of para-hydroxylation sites is 1. The van der Waals surface area contributed by atoms with Crippen LogP contribution in [0.1, 0.15) is 70.4 Å². The van der Waals surface area contributed by atoms with E-state index in [1.165, 1.54) is 12.8 Å². The highest BCUT2D eigenvalue weighted by Gasteiger charge is 2.35. The van der Waals surface area contributed by atoms with Gasteiger partial charge in [-0.1, -0.05) is 38.0 Å². The van der Waals surface area contributed by atoms with E-state index < -0.39 is 6.04 Å². The van der Waals surface area contributed by atoms with Crippen LogP contribution < -0.4 is 15.4 Å². The zero-order chi connectivity index (χ0) is 19.9. The molecule has 1 aliphatic heterocycles. The van der Waals surface area contributed by atoms with Gasteiger partial charge in [-0.05, 0) is 45.1 Å². The average molecular weight is 386 g/mol. The Morgan fingerprint density at radius 1 is 1.14 bits per heavy atom. The lowest BCUT2D eigenvalue weighted by Crippen LogP contribution is -2.45. The van der Waals surface area contributed by atoms with Gasteiger partial charge in [0.05, 0.1) is 18.2 Å². The minimum Gasteiger partial charge on any atom is -0.493 e. The lowest BCUT2D eigenvalue weighted by Gasteiger charge is -2.30. The molecule has 1 unspecified atom stereocenters. The van der Waals surface area contributed by atoms with Crippen molar-refractivity contribution in [3.63, 3.8) is 0 Å². The molecule has 1 aliphatic carbocycles. The Bertz CT molecular complexity index is 736. The van der Waals surface area contributed by atoms with E-state index in [4.69, 9.17) is 9.47 Å². The van der Waals surface area contributed by atoms with Crippen LogP contribution in [0, 0.1) is 0 Å². The van der Waals surface area contributed by atoms with Crippen LogP contribution in [0.2, 0.25) is 0 Å². The number of urea groups is 1. The van der Waals surface area contributed by atoms with Gasteiger partial charge < -0.3 is 20.1 Å². The van der Waals surface area contributed by atoms with Crippen LogP contribution in [0.25, 0.3) is 0 Å². The summed E-state index contributed by atoms with van der Waals surface area (Å²) in [5.74, 6) is 0.302. The fourth-order valence-electron chi connectivity index (χ4n) is 3.83. The number of carbonyl (C=O) groups is 2. The molecule has 28 heavy (non-hydrogen) atoms. The third kappa shape index (κ3) is 4.86. The second kappa shape index (κ2) is 9.62. The first kappa shape index (κ1) is 20.2. The second-order valence-corrected chi connectivity index (χ2v) is 7.48. The van der Waals surface area contributed by atoms with E-state index >= 15 is 0 Å². The number of carbonyl (C=O) groups excluding carboxylic acids is 2. The third-order valence-corrected chi connectivity index (χ3v) is 5.26. The summed E-state index contributed by atoms with van der Waals surface area (Å²) < 4.78 is 11.7. The molecule has 2 N–H and O–H groups in total. The molecule has 1 heterocycles. The molecule has 0 aromatic heterocycles. The summed E-state index contributed by atoms with van der Waals surface area (Å²) in [6.45, 7) is 4.35. The van der Waals surface area contributed by atoms with Crippen LogP contribution in [0.4, 0.5) is 4.79 Å². The van der Waals surface area contributed by atoms with Crippen molar-refractivity contribution >= 4 is 12.0 Å². The number of benzene rings is 1. The maximum atomic E-state index is 13.1. The predicted octanol–water partition coefficient (Wildman–Crippen LogP) is 4.37. The Morgan fingerprint density at radius 3 is 2.57 bits per heavy atom. The molecule has 1 atom stereocenters. The fraction of sp³-hybridized carbons (Fsp3) is 0.545. The van der Waals surface area contributed by atoms with Crippen molar-refractivity contribution in [2.24, 2.45) is 0 Å². The van der Waals surface area contributed by atoms with Crippen molar-refractivity contribution in [1.82, 2.24) is 10.6 Å². The van der Waals surface area contributed by atoms with E-state index in [1.54, 1.807) is 6.92 Å². The van der Waals surface area contributed by atoms with E-state index in [0.717, 1.165) is 37.7 Å². The molecule has 2 amide bonds. The van der Waals surface area contributed by atoms with Gasteiger partial charge in [0.1, 0.15) is 11.9 Å². The maximum Gasteiger partial charge on any atom is 0.338 e. The van der Waals surface area contributed by atoms with Crippen LogP contribution in [-0.4, -0.2) is 24.7 Å². The number of hydrogen-bond acceptors (Lipinski definition) is 4. The van der Waals surface area contributed by atoms with Gasteiger partial charge in [-0.15, -0.1) is 0 Å². The van der Waals surface area contributed by atoms with Crippen molar-refractivity contribution in [3.05, 3.63) is 41.1 Å². The molecule has 6 nitrogen and oxygen atoms in total. The highest BCUT2D eigenvalue weighted by molar-refractivity contribution is 5.95. The molecule has 152 valence electrons. The number of amides is 2. The number of rotatable bonds is 6. The highest BCUT2D eigenvalue weighted by Crippen LogP contribution is 2.34. The molecule has 1 aromatic rings.